The Labute approximate surface area is 139 Å². The van der Waals surface area contributed by atoms with E-state index in [1.807, 2.05) is 24.3 Å². The molecule has 23 heavy (non-hydrogen) atoms. The summed E-state index contributed by atoms with van der Waals surface area (Å²) >= 11 is 0. The molecule has 0 aliphatic heterocycles. The monoisotopic (exact) mass is 315 g/mol. The molecule has 126 valence electrons. The summed E-state index contributed by atoms with van der Waals surface area (Å²) in [5.74, 6) is -0.269. The number of esters is 1. The van der Waals surface area contributed by atoms with E-state index in [1.54, 1.807) is 0 Å². The van der Waals surface area contributed by atoms with Gasteiger partial charge in [0.05, 0.1) is 12.7 Å². The first-order valence-corrected chi connectivity index (χ1v) is 9.11. The highest BCUT2D eigenvalue weighted by Gasteiger charge is 2.35. The zero-order valence-electron chi connectivity index (χ0n) is 14.3. The number of carbonyl (C=O) groups excluding carboxylic acids is 1. The minimum absolute atomic E-state index is 0.269. The normalized spacial score (nSPS) is 21.3. The van der Waals surface area contributed by atoms with Crippen molar-refractivity contribution < 1.29 is 9.53 Å². The average molecular weight is 315 g/mol. The Morgan fingerprint density at radius 2 is 1.74 bits per heavy atom. The van der Waals surface area contributed by atoms with Crippen LogP contribution in [-0.4, -0.2) is 19.1 Å². The van der Waals surface area contributed by atoms with E-state index in [4.69, 9.17) is 4.74 Å². The number of carbonyl (C=O) groups is 1. The molecule has 1 N–H and O–H groups in total. The van der Waals surface area contributed by atoms with Crippen LogP contribution in [0.2, 0.25) is 0 Å². The maximum Gasteiger partial charge on any atom is 0.337 e. The number of hydrogen-bond acceptors (Lipinski definition) is 3. The molecule has 1 aromatic rings. The first-order chi connectivity index (χ1) is 11.2. The van der Waals surface area contributed by atoms with Crippen molar-refractivity contribution in [1.29, 1.82) is 0 Å². The van der Waals surface area contributed by atoms with E-state index < -0.39 is 0 Å². The van der Waals surface area contributed by atoms with Gasteiger partial charge in [-0.2, -0.15) is 0 Å². The summed E-state index contributed by atoms with van der Waals surface area (Å²) in [4.78, 5) is 11.4. The van der Waals surface area contributed by atoms with Crippen LogP contribution in [0.15, 0.2) is 24.3 Å². The van der Waals surface area contributed by atoms with Crippen LogP contribution in [-0.2, 0) is 11.3 Å². The Balaban J connectivity index is 1.45. The third-order valence-electron chi connectivity index (χ3n) is 5.93. The molecular formula is C20H29NO2. The van der Waals surface area contributed by atoms with Crippen LogP contribution < -0.4 is 5.32 Å². The summed E-state index contributed by atoms with van der Waals surface area (Å²) in [5, 5.41) is 3.71. The highest BCUT2D eigenvalue weighted by Crippen LogP contribution is 2.47. The summed E-state index contributed by atoms with van der Waals surface area (Å²) < 4.78 is 4.73. The molecule has 0 saturated heterocycles. The van der Waals surface area contributed by atoms with Gasteiger partial charge in [-0.15, -0.1) is 0 Å². The topological polar surface area (TPSA) is 38.3 Å². The quantitative estimate of drug-likeness (QED) is 0.834. The molecule has 3 heteroatoms. The van der Waals surface area contributed by atoms with Crippen molar-refractivity contribution in [2.24, 2.45) is 5.41 Å². The Hall–Kier alpha value is -1.35. The molecule has 3 nitrogen and oxygen atoms in total. The van der Waals surface area contributed by atoms with Crippen LogP contribution in [0.25, 0.3) is 0 Å². The lowest BCUT2D eigenvalue weighted by Crippen LogP contribution is -2.38. The SMILES string of the molecule is COC(=O)c1ccc(CNC2CCC3(CCCCC3)CC2)cc1. The first-order valence-electron chi connectivity index (χ1n) is 9.11. The maximum atomic E-state index is 11.4. The smallest absolute Gasteiger partial charge is 0.337 e. The minimum atomic E-state index is -0.269. The Bertz CT molecular complexity index is 507. The highest BCUT2D eigenvalue weighted by atomic mass is 16.5. The van der Waals surface area contributed by atoms with Gasteiger partial charge < -0.3 is 10.1 Å². The third kappa shape index (κ3) is 4.14. The van der Waals surface area contributed by atoms with Gasteiger partial charge in [0.1, 0.15) is 0 Å². The molecular weight excluding hydrogens is 286 g/mol. The van der Waals surface area contributed by atoms with E-state index in [-0.39, 0.29) is 5.97 Å². The number of methoxy groups -OCH3 is 1. The fourth-order valence-electron chi connectivity index (χ4n) is 4.37. The summed E-state index contributed by atoms with van der Waals surface area (Å²) in [6.07, 6.45) is 12.7. The lowest BCUT2D eigenvalue weighted by Gasteiger charge is -2.43. The van der Waals surface area contributed by atoms with Gasteiger partial charge in [0, 0.05) is 12.6 Å². The zero-order valence-corrected chi connectivity index (χ0v) is 14.3. The van der Waals surface area contributed by atoms with Crippen LogP contribution in [0.5, 0.6) is 0 Å². The number of rotatable bonds is 4. The number of benzene rings is 1. The number of ether oxygens (including phenoxy) is 1. The van der Waals surface area contributed by atoms with Gasteiger partial charge in [-0.1, -0.05) is 31.4 Å². The molecule has 3 rings (SSSR count). The molecule has 0 heterocycles. The van der Waals surface area contributed by atoms with Crippen LogP contribution in [0.4, 0.5) is 0 Å². The molecule has 0 atom stereocenters. The lowest BCUT2D eigenvalue weighted by molar-refractivity contribution is 0.0600. The number of hydrogen-bond donors (Lipinski definition) is 1. The molecule has 0 aromatic heterocycles. The van der Waals surface area contributed by atoms with Crippen molar-refractivity contribution in [2.45, 2.75) is 70.4 Å². The summed E-state index contributed by atoms with van der Waals surface area (Å²) in [5.41, 5.74) is 2.54. The van der Waals surface area contributed by atoms with Crippen molar-refractivity contribution in [2.75, 3.05) is 7.11 Å². The first kappa shape index (κ1) is 16.5. The molecule has 2 fully saturated rings. The molecule has 0 radical (unpaired) electrons. The van der Waals surface area contributed by atoms with E-state index in [2.05, 4.69) is 5.32 Å². The Morgan fingerprint density at radius 3 is 2.35 bits per heavy atom. The van der Waals surface area contributed by atoms with E-state index in [0.717, 1.165) is 6.54 Å². The lowest BCUT2D eigenvalue weighted by atomic mass is 9.64. The molecule has 2 saturated carbocycles. The van der Waals surface area contributed by atoms with Gasteiger partial charge in [0.15, 0.2) is 0 Å². The molecule has 0 bridgehead atoms. The third-order valence-corrected chi connectivity index (χ3v) is 5.93. The Kier molecular flexibility index (Phi) is 5.37. The summed E-state index contributed by atoms with van der Waals surface area (Å²) in [7, 11) is 1.42. The zero-order chi connectivity index (χ0) is 16.1. The maximum absolute atomic E-state index is 11.4. The highest BCUT2D eigenvalue weighted by molar-refractivity contribution is 5.89. The van der Waals surface area contributed by atoms with Crippen molar-refractivity contribution in [3.05, 3.63) is 35.4 Å². The molecule has 2 aliphatic rings. The van der Waals surface area contributed by atoms with Gasteiger partial charge in [-0.05, 0) is 61.6 Å². The summed E-state index contributed by atoms with van der Waals surface area (Å²) in [6.45, 7) is 0.888. The van der Waals surface area contributed by atoms with Crippen molar-refractivity contribution >= 4 is 5.97 Å². The molecule has 0 amide bonds. The summed E-state index contributed by atoms with van der Waals surface area (Å²) in [6, 6.07) is 8.39. The molecule has 2 aliphatic carbocycles. The predicted molar refractivity (Wildman–Crippen MR) is 92.4 cm³/mol. The second kappa shape index (κ2) is 7.48. The predicted octanol–water partition coefficient (Wildman–Crippen LogP) is 4.46. The second-order valence-electron chi connectivity index (χ2n) is 7.40. The fourth-order valence-corrected chi connectivity index (χ4v) is 4.37. The largest absolute Gasteiger partial charge is 0.465 e. The fraction of sp³-hybridized carbons (Fsp3) is 0.650. The van der Waals surface area contributed by atoms with Gasteiger partial charge in [-0.3, -0.25) is 0 Å². The van der Waals surface area contributed by atoms with Gasteiger partial charge in [0.2, 0.25) is 0 Å². The van der Waals surface area contributed by atoms with E-state index in [9.17, 15) is 4.79 Å². The second-order valence-corrected chi connectivity index (χ2v) is 7.40. The van der Waals surface area contributed by atoms with Crippen LogP contribution in [0, 0.1) is 5.41 Å². The van der Waals surface area contributed by atoms with E-state index in [1.165, 1.54) is 70.5 Å². The van der Waals surface area contributed by atoms with Crippen LogP contribution >= 0.6 is 0 Å². The molecule has 1 spiro atoms. The van der Waals surface area contributed by atoms with Gasteiger partial charge in [-0.25, -0.2) is 4.79 Å². The van der Waals surface area contributed by atoms with Crippen molar-refractivity contribution in [3.8, 4) is 0 Å². The van der Waals surface area contributed by atoms with E-state index in [0.29, 0.717) is 17.0 Å². The van der Waals surface area contributed by atoms with Crippen molar-refractivity contribution in [1.82, 2.24) is 5.32 Å². The van der Waals surface area contributed by atoms with Crippen LogP contribution in [0.3, 0.4) is 0 Å². The minimum Gasteiger partial charge on any atom is -0.465 e. The molecule has 0 unspecified atom stereocenters. The molecule has 1 aromatic carbocycles. The number of nitrogens with one attached hydrogen (secondary N) is 1. The van der Waals surface area contributed by atoms with Gasteiger partial charge in [0.25, 0.3) is 0 Å². The van der Waals surface area contributed by atoms with Crippen LogP contribution in [0.1, 0.15) is 73.7 Å². The van der Waals surface area contributed by atoms with E-state index >= 15 is 0 Å². The standard InChI is InChI=1S/C20H29NO2/c1-23-19(22)17-7-5-16(6-8-17)15-21-18-9-13-20(14-10-18)11-3-2-4-12-20/h5-8,18,21H,2-4,9-15H2,1H3. The van der Waals surface area contributed by atoms with Gasteiger partial charge >= 0.3 is 5.97 Å². The Morgan fingerprint density at radius 1 is 1.09 bits per heavy atom. The van der Waals surface area contributed by atoms with Crippen molar-refractivity contribution in [3.63, 3.8) is 0 Å². The average Bonchev–Trinajstić information content (AvgIpc) is 2.62.